The maximum Gasteiger partial charge on any atom is 0.187 e. The molecular weight excluding hydrogens is 333 g/mol. The second-order valence-corrected chi connectivity index (χ2v) is 6.43. The Morgan fingerprint density at radius 2 is 1.91 bits per heavy atom. The topological polar surface area (TPSA) is 38.3 Å². The molecule has 1 heterocycles. The van der Waals surface area contributed by atoms with Crippen molar-refractivity contribution in [1.82, 2.24) is 0 Å². The molecule has 2 aromatic carbocycles. The molecule has 3 rings (SSSR count). The van der Waals surface area contributed by atoms with E-state index < -0.39 is 6.04 Å². The van der Waals surface area contributed by atoms with Crippen molar-refractivity contribution in [2.75, 3.05) is 11.9 Å². The number of benzene rings is 2. The van der Waals surface area contributed by atoms with Crippen molar-refractivity contribution < 1.29 is 9.53 Å². The predicted molar refractivity (Wildman–Crippen MR) is 93.6 cm³/mol. The molecule has 1 saturated heterocycles. The highest BCUT2D eigenvalue weighted by Gasteiger charge is 2.32. The fraction of sp³-hybridized carbons (Fsp3) is 0.278. The van der Waals surface area contributed by atoms with Crippen molar-refractivity contribution >= 4 is 34.7 Å². The second kappa shape index (κ2) is 7.35. The molecule has 120 valence electrons. The quantitative estimate of drug-likeness (QED) is 0.785. The van der Waals surface area contributed by atoms with Crippen LogP contribution in [-0.4, -0.2) is 24.5 Å². The number of Topliss-reactive ketones (excluding diaryl/α,β-unsaturated/α-hetero) is 1. The van der Waals surface area contributed by atoms with Gasteiger partial charge in [-0.15, -0.1) is 0 Å². The number of rotatable bonds is 5. The van der Waals surface area contributed by atoms with Gasteiger partial charge in [0.25, 0.3) is 0 Å². The highest BCUT2D eigenvalue weighted by Crippen LogP contribution is 2.24. The van der Waals surface area contributed by atoms with Gasteiger partial charge in [0.2, 0.25) is 0 Å². The average molecular weight is 350 g/mol. The van der Waals surface area contributed by atoms with Crippen molar-refractivity contribution in [1.29, 1.82) is 0 Å². The summed E-state index contributed by atoms with van der Waals surface area (Å²) in [6, 6.07) is 13.9. The number of carbonyl (C=O) groups is 1. The van der Waals surface area contributed by atoms with Crippen LogP contribution in [0.4, 0.5) is 5.69 Å². The van der Waals surface area contributed by atoms with E-state index in [4.69, 9.17) is 27.9 Å². The van der Waals surface area contributed by atoms with Crippen LogP contribution in [0.25, 0.3) is 0 Å². The molecule has 0 saturated carbocycles. The molecule has 1 N–H and O–H groups in total. The summed E-state index contributed by atoms with van der Waals surface area (Å²) in [5, 5.41) is 4.50. The van der Waals surface area contributed by atoms with Gasteiger partial charge in [-0.25, -0.2) is 0 Å². The van der Waals surface area contributed by atoms with Crippen LogP contribution in [0, 0.1) is 0 Å². The average Bonchev–Trinajstić information content (AvgIpc) is 3.08. The Labute approximate surface area is 145 Å². The lowest BCUT2D eigenvalue weighted by atomic mass is 9.97. The fourth-order valence-electron chi connectivity index (χ4n) is 2.74. The first kappa shape index (κ1) is 16.3. The minimum Gasteiger partial charge on any atom is -0.376 e. The third-order valence-electron chi connectivity index (χ3n) is 3.89. The Morgan fingerprint density at radius 1 is 1.13 bits per heavy atom. The van der Waals surface area contributed by atoms with Gasteiger partial charge in [-0.3, -0.25) is 4.79 Å². The number of halogens is 2. The molecule has 0 spiro atoms. The van der Waals surface area contributed by atoms with Gasteiger partial charge in [0.1, 0.15) is 6.04 Å². The van der Waals surface area contributed by atoms with E-state index in [1.165, 1.54) is 0 Å². The summed E-state index contributed by atoms with van der Waals surface area (Å²) in [4.78, 5) is 12.9. The lowest BCUT2D eigenvalue weighted by molar-refractivity contribution is 0.0721. The van der Waals surface area contributed by atoms with Crippen LogP contribution in [0.2, 0.25) is 10.0 Å². The summed E-state index contributed by atoms with van der Waals surface area (Å²) in [6.07, 6.45) is 1.68. The number of nitrogens with one attached hydrogen (secondary N) is 1. The number of ketones is 1. The molecule has 2 aromatic rings. The van der Waals surface area contributed by atoms with E-state index in [0.29, 0.717) is 22.2 Å². The first-order valence-electron chi connectivity index (χ1n) is 7.57. The molecule has 0 aliphatic carbocycles. The van der Waals surface area contributed by atoms with E-state index in [9.17, 15) is 4.79 Å². The van der Waals surface area contributed by atoms with E-state index >= 15 is 0 Å². The molecule has 0 radical (unpaired) electrons. The molecule has 0 bridgehead atoms. The third-order valence-corrected chi connectivity index (χ3v) is 4.38. The molecule has 1 aliphatic heterocycles. The summed E-state index contributed by atoms with van der Waals surface area (Å²) >= 11 is 11.9. The molecule has 5 heteroatoms. The summed E-state index contributed by atoms with van der Waals surface area (Å²) in [6.45, 7) is 0.687. The Bertz CT molecular complexity index is 682. The van der Waals surface area contributed by atoms with E-state index in [1.807, 2.05) is 12.1 Å². The standard InChI is InChI=1S/C18H17Cl2NO2/c19-13-6-8-15(9-7-13)21-17(16-5-2-10-23-16)18(22)12-3-1-4-14(20)11-12/h1,3-4,6-9,11,16-17,21H,2,5,10H2/t16-,17+/m0/s1. The van der Waals surface area contributed by atoms with Gasteiger partial charge >= 0.3 is 0 Å². The van der Waals surface area contributed by atoms with Crippen molar-refractivity contribution in [3.63, 3.8) is 0 Å². The van der Waals surface area contributed by atoms with Crippen molar-refractivity contribution in [2.24, 2.45) is 0 Å². The van der Waals surface area contributed by atoms with Gasteiger partial charge < -0.3 is 10.1 Å². The number of carbonyl (C=O) groups excluding carboxylic acids is 1. The van der Waals surface area contributed by atoms with Gasteiger partial charge in [-0.1, -0.05) is 35.3 Å². The van der Waals surface area contributed by atoms with E-state index in [0.717, 1.165) is 18.5 Å². The molecule has 0 aromatic heterocycles. The number of hydrogen-bond acceptors (Lipinski definition) is 3. The number of hydrogen-bond donors (Lipinski definition) is 1. The lowest BCUT2D eigenvalue weighted by Crippen LogP contribution is -2.40. The minimum atomic E-state index is -0.447. The van der Waals surface area contributed by atoms with Crippen LogP contribution in [0.1, 0.15) is 23.2 Å². The van der Waals surface area contributed by atoms with E-state index in [-0.39, 0.29) is 11.9 Å². The molecule has 1 fully saturated rings. The SMILES string of the molecule is O=C(c1cccc(Cl)c1)[C@H](Nc1ccc(Cl)cc1)[C@@H]1CCCO1. The van der Waals surface area contributed by atoms with Crippen LogP contribution in [0.15, 0.2) is 48.5 Å². The predicted octanol–water partition coefficient (Wildman–Crippen LogP) is 4.84. The molecule has 2 atom stereocenters. The highest BCUT2D eigenvalue weighted by molar-refractivity contribution is 6.31. The molecule has 0 unspecified atom stereocenters. The van der Waals surface area contributed by atoms with Crippen LogP contribution < -0.4 is 5.32 Å². The first-order chi connectivity index (χ1) is 11.1. The lowest BCUT2D eigenvalue weighted by Gasteiger charge is -2.24. The van der Waals surface area contributed by atoms with Gasteiger partial charge in [0.15, 0.2) is 5.78 Å². The molecule has 23 heavy (non-hydrogen) atoms. The third kappa shape index (κ3) is 4.05. The largest absolute Gasteiger partial charge is 0.376 e. The summed E-state index contributed by atoms with van der Waals surface area (Å²) in [5.41, 5.74) is 1.42. The minimum absolute atomic E-state index is 0.0191. The normalized spacial score (nSPS) is 18.6. The Kier molecular flexibility index (Phi) is 5.21. The first-order valence-corrected chi connectivity index (χ1v) is 8.32. The Morgan fingerprint density at radius 3 is 2.57 bits per heavy atom. The van der Waals surface area contributed by atoms with Gasteiger partial charge in [0.05, 0.1) is 6.10 Å². The molecule has 1 aliphatic rings. The summed E-state index contributed by atoms with van der Waals surface area (Å²) in [5.74, 6) is -0.0191. The van der Waals surface area contributed by atoms with Crippen molar-refractivity contribution in [3.8, 4) is 0 Å². The van der Waals surface area contributed by atoms with Crippen LogP contribution in [0.3, 0.4) is 0 Å². The Hall–Kier alpha value is -1.55. The molecule has 3 nitrogen and oxygen atoms in total. The van der Waals surface area contributed by atoms with Crippen LogP contribution in [-0.2, 0) is 4.74 Å². The zero-order chi connectivity index (χ0) is 16.2. The van der Waals surface area contributed by atoms with Crippen molar-refractivity contribution in [2.45, 2.75) is 25.0 Å². The van der Waals surface area contributed by atoms with E-state index in [1.54, 1.807) is 36.4 Å². The van der Waals surface area contributed by atoms with Crippen molar-refractivity contribution in [3.05, 3.63) is 64.1 Å². The Balaban J connectivity index is 1.85. The second-order valence-electron chi connectivity index (χ2n) is 5.55. The van der Waals surface area contributed by atoms with Crippen LogP contribution in [0.5, 0.6) is 0 Å². The zero-order valence-electron chi connectivity index (χ0n) is 12.5. The molecular formula is C18H17Cl2NO2. The highest BCUT2D eigenvalue weighted by atomic mass is 35.5. The maximum absolute atomic E-state index is 12.9. The summed E-state index contributed by atoms with van der Waals surface area (Å²) in [7, 11) is 0. The van der Waals surface area contributed by atoms with Crippen LogP contribution >= 0.6 is 23.2 Å². The van der Waals surface area contributed by atoms with Gasteiger partial charge in [-0.05, 0) is 49.2 Å². The van der Waals surface area contributed by atoms with Gasteiger partial charge in [0, 0.05) is 27.9 Å². The smallest absolute Gasteiger partial charge is 0.187 e. The molecule has 0 amide bonds. The number of ether oxygens (including phenoxy) is 1. The fourth-order valence-corrected chi connectivity index (χ4v) is 3.06. The maximum atomic E-state index is 12.9. The van der Waals surface area contributed by atoms with Gasteiger partial charge in [-0.2, -0.15) is 0 Å². The monoisotopic (exact) mass is 349 g/mol. The summed E-state index contributed by atoms with van der Waals surface area (Å²) < 4.78 is 5.74. The zero-order valence-corrected chi connectivity index (χ0v) is 14.0. The number of anilines is 1. The van der Waals surface area contributed by atoms with E-state index in [2.05, 4.69) is 5.32 Å².